The van der Waals surface area contributed by atoms with Crippen LogP contribution in [0.1, 0.15) is 16.7 Å². The molecule has 0 aliphatic heterocycles. The minimum Gasteiger partial charge on any atom is -0.495 e. The van der Waals surface area contributed by atoms with Gasteiger partial charge in [0.15, 0.2) is 0 Å². The van der Waals surface area contributed by atoms with Crippen molar-refractivity contribution in [3.63, 3.8) is 0 Å². The summed E-state index contributed by atoms with van der Waals surface area (Å²) >= 11 is 5.92. The van der Waals surface area contributed by atoms with Crippen LogP contribution in [0.4, 0.5) is 0 Å². The van der Waals surface area contributed by atoms with E-state index in [-0.39, 0.29) is 0 Å². The molecule has 0 radical (unpaired) electrons. The normalized spacial score (nSPS) is 9.46. The summed E-state index contributed by atoms with van der Waals surface area (Å²) in [6, 6.07) is 3.67. The van der Waals surface area contributed by atoms with E-state index in [0.29, 0.717) is 16.3 Å². The number of hydrogen-bond donors (Lipinski definition) is 0. The Morgan fingerprint density at radius 2 is 2.00 bits per heavy atom. The van der Waals surface area contributed by atoms with Crippen LogP contribution in [0.2, 0.25) is 5.02 Å². The number of ether oxygens (including phenoxy) is 1. The van der Waals surface area contributed by atoms with E-state index in [0.717, 1.165) is 11.1 Å². The Balaban J connectivity index is 3.50. The van der Waals surface area contributed by atoms with Gasteiger partial charge in [-0.25, -0.2) is 0 Å². The van der Waals surface area contributed by atoms with Crippen molar-refractivity contribution in [1.82, 2.24) is 0 Å². The highest BCUT2D eigenvalue weighted by atomic mass is 35.5. The number of hydrogen-bond acceptors (Lipinski definition) is 2. The second-order valence-corrected chi connectivity index (χ2v) is 3.21. The molecule has 1 aromatic rings. The number of halogens is 1. The summed E-state index contributed by atoms with van der Waals surface area (Å²) in [5, 5.41) is 9.41. The highest BCUT2D eigenvalue weighted by molar-refractivity contribution is 6.31. The third-order valence-corrected chi connectivity index (χ3v) is 2.49. The van der Waals surface area contributed by atoms with Crippen molar-refractivity contribution in [3.8, 4) is 11.8 Å². The molecule has 0 aliphatic rings. The van der Waals surface area contributed by atoms with Gasteiger partial charge in [-0.05, 0) is 31.0 Å². The monoisotopic (exact) mass is 195 g/mol. The number of nitrogens with zero attached hydrogens (tertiary/aromatic N) is 1. The van der Waals surface area contributed by atoms with Gasteiger partial charge in [0.25, 0.3) is 0 Å². The van der Waals surface area contributed by atoms with Crippen LogP contribution < -0.4 is 4.74 Å². The third-order valence-electron chi connectivity index (χ3n) is 2.10. The molecule has 13 heavy (non-hydrogen) atoms. The quantitative estimate of drug-likeness (QED) is 0.691. The predicted molar refractivity (Wildman–Crippen MR) is 52.2 cm³/mol. The molecule has 0 N–H and O–H groups in total. The molecule has 1 rings (SSSR count). The van der Waals surface area contributed by atoms with Gasteiger partial charge in [-0.1, -0.05) is 11.6 Å². The first-order valence-corrected chi connectivity index (χ1v) is 4.23. The Labute approximate surface area is 82.7 Å². The Bertz CT molecular complexity index is 379. The molecule has 68 valence electrons. The van der Waals surface area contributed by atoms with Gasteiger partial charge in [0.05, 0.1) is 12.7 Å². The second-order valence-electron chi connectivity index (χ2n) is 2.80. The molecule has 0 aromatic heterocycles. The van der Waals surface area contributed by atoms with Crippen LogP contribution in [0, 0.1) is 25.2 Å². The highest BCUT2D eigenvalue weighted by Gasteiger charge is 2.11. The second kappa shape index (κ2) is 3.68. The van der Waals surface area contributed by atoms with Crippen LogP contribution in [0.5, 0.6) is 5.75 Å². The number of methoxy groups -OCH3 is 1. The van der Waals surface area contributed by atoms with Crippen molar-refractivity contribution < 1.29 is 4.74 Å². The van der Waals surface area contributed by atoms with Crippen LogP contribution in [0.15, 0.2) is 6.07 Å². The van der Waals surface area contributed by atoms with Crippen molar-refractivity contribution in [3.05, 3.63) is 27.8 Å². The first kappa shape index (κ1) is 9.88. The standard InChI is InChI=1S/C10H10ClNO/c1-6-7(2)10(13-3)8(5-12)4-9(6)11/h4H,1-3H3. The zero-order valence-electron chi connectivity index (χ0n) is 7.81. The van der Waals surface area contributed by atoms with Crippen molar-refractivity contribution in [2.24, 2.45) is 0 Å². The van der Waals surface area contributed by atoms with Gasteiger partial charge in [-0.3, -0.25) is 0 Å². The fraction of sp³-hybridized carbons (Fsp3) is 0.300. The molecule has 1 aromatic carbocycles. The first-order valence-electron chi connectivity index (χ1n) is 3.85. The molecule has 0 heterocycles. The van der Waals surface area contributed by atoms with Crippen LogP contribution >= 0.6 is 11.6 Å². The van der Waals surface area contributed by atoms with E-state index in [1.807, 2.05) is 19.9 Å². The smallest absolute Gasteiger partial charge is 0.139 e. The lowest BCUT2D eigenvalue weighted by Crippen LogP contribution is -1.94. The summed E-state index contributed by atoms with van der Waals surface area (Å²) in [5.74, 6) is 0.615. The molecule has 0 fully saturated rings. The minimum atomic E-state index is 0.482. The van der Waals surface area contributed by atoms with E-state index in [4.69, 9.17) is 21.6 Å². The van der Waals surface area contributed by atoms with Crippen LogP contribution in [-0.2, 0) is 0 Å². The Morgan fingerprint density at radius 3 is 2.46 bits per heavy atom. The largest absolute Gasteiger partial charge is 0.495 e. The number of nitriles is 1. The highest BCUT2D eigenvalue weighted by Crippen LogP contribution is 2.30. The fourth-order valence-electron chi connectivity index (χ4n) is 1.20. The molecule has 3 heteroatoms. The van der Waals surface area contributed by atoms with Gasteiger partial charge < -0.3 is 4.74 Å². The molecule has 0 bridgehead atoms. The van der Waals surface area contributed by atoms with Crippen LogP contribution in [0.3, 0.4) is 0 Å². The molecule has 2 nitrogen and oxygen atoms in total. The summed E-state index contributed by atoms with van der Waals surface area (Å²) in [6.45, 7) is 3.79. The lowest BCUT2D eigenvalue weighted by molar-refractivity contribution is 0.410. The molecule has 0 atom stereocenters. The topological polar surface area (TPSA) is 33.0 Å². The molecule has 0 unspecified atom stereocenters. The number of rotatable bonds is 1. The molecule has 0 saturated carbocycles. The van der Waals surface area contributed by atoms with Crippen LogP contribution in [0.25, 0.3) is 0 Å². The zero-order chi connectivity index (χ0) is 10.0. The van der Waals surface area contributed by atoms with Gasteiger partial charge in [-0.15, -0.1) is 0 Å². The predicted octanol–water partition coefficient (Wildman–Crippen LogP) is 2.84. The van der Waals surface area contributed by atoms with Gasteiger partial charge in [0.2, 0.25) is 0 Å². The van der Waals surface area contributed by atoms with Crippen molar-refractivity contribution in [1.29, 1.82) is 5.26 Å². The summed E-state index contributed by atoms with van der Waals surface area (Å²) in [5.41, 5.74) is 2.36. The number of benzene rings is 1. The molecular formula is C10H10ClNO. The summed E-state index contributed by atoms with van der Waals surface area (Å²) < 4.78 is 5.12. The third kappa shape index (κ3) is 1.61. The van der Waals surface area contributed by atoms with E-state index >= 15 is 0 Å². The molecular weight excluding hydrogens is 186 g/mol. The summed E-state index contributed by atoms with van der Waals surface area (Å²) in [7, 11) is 1.55. The van der Waals surface area contributed by atoms with Gasteiger partial charge in [-0.2, -0.15) is 5.26 Å². The lowest BCUT2D eigenvalue weighted by Gasteiger charge is -2.10. The van der Waals surface area contributed by atoms with Crippen LogP contribution in [-0.4, -0.2) is 7.11 Å². The zero-order valence-corrected chi connectivity index (χ0v) is 8.57. The summed E-state index contributed by atoms with van der Waals surface area (Å²) in [4.78, 5) is 0. The van der Waals surface area contributed by atoms with E-state index in [1.54, 1.807) is 13.2 Å². The fourth-order valence-corrected chi connectivity index (χ4v) is 1.45. The SMILES string of the molecule is COc1c(C#N)cc(Cl)c(C)c1C. The Morgan fingerprint density at radius 1 is 1.38 bits per heavy atom. The van der Waals surface area contributed by atoms with Gasteiger partial charge in [0, 0.05) is 5.02 Å². The average Bonchev–Trinajstić information content (AvgIpc) is 2.13. The first-order chi connectivity index (χ1) is 6.11. The van der Waals surface area contributed by atoms with E-state index < -0.39 is 0 Å². The van der Waals surface area contributed by atoms with E-state index in [2.05, 4.69) is 0 Å². The molecule has 0 aliphatic carbocycles. The van der Waals surface area contributed by atoms with Crippen molar-refractivity contribution in [2.45, 2.75) is 13.8 Å². The molecule has 0 amide bonds. The van der Waals surface area contributed by atoms with Crippen molar-refractivity contribution >= 4 is 11.6 Å². The maximum atomic E-state index is 8.80. The minimum absolute atomic E-state index is 0.482. The Kier molecular flexibility index (Phi) is 2.79. The Hall–Kier alpha value is -1.20. The maximum absolute atomic E-state index is 8.80. The molecule has 0 saturated heterocycles. The van der Waals surface area contributed by atoms with E-state index in [9.17, 15) is 0 Å². The maximum Gasteiger partial charge on any atom is 0.139 e. The average molecular weight is 196 g/mol. The van der Waals surface area contributed by atoms with E-state index in [1.165, 1.54) is 0 Å². The summed E-state index contributed by atoms with van der Waals surface area (Å²) in [6.07, 6.45) is 0. The van der Waals surface area contributed by atoms with Crippen molar-refractivity contribution in [2.75, 3.05) is 7.11 Å². The lowest BCUT2D eigenvalue weighted by atomic mass is 10.1. The van der Waals surface area contributed by atoms with Gasteiger partial charge in [0.1, 0.15) is 11.8 Å². The molecule has 0 spiro atoms. The van der Waals surface area contributed by atoms with Gasteiger partial charge >= 0.3 is 0 Å².